The number of aliphatic hydroxyl groups is 11. The molecule has 0 aromatic carbocycles. The first kappa shape index (κ1) is 81.0. The molecule has 12 N–H and O–H groups in total. The van der Waals surface area contributed by atoms with Gasteiger partial charge in [-0.25, -0.2) is 0 Å². The Labute approximate surface area is 535 Å². The largest absolute Gasteiger partial charge is 0.394 e. The van der Waals surface area contributed by atoms with Gasteiger partial charge in [0.2, 0.25) is 5.91 Å². The van der Waals surface area contributed by atoms with Gasteiger partial charge >= 0.3 is 0 Å². The predicted octanol–water partition coefficient (Wildman–Crippen LogP) is 9.39. The van der Waals surface area contributed by atoms with Crippen molar-refractivity contribution in [3.8, 4) is 0 Å². The first-order chi connectivity index (χ1) is 43.3. The van der Waals surface area contributed by atoms with Crippen molar-refractivity contribution in [3.05, 3.63) is 48.6 Å². The fraction of sp³-hybridized carbons (Fsp3) is 0.871. The monoisotopic (exact) mass is 1270 g/mol. The number of allylic oxidation sites excluding steroid dienone is 7. The average Bonchev–Trinajstić information content (AvgIpc) is 2.43. The molecule has 17 atom stereocenters. The van der Waals surface area contributed by atoms with Crippen LogP contribution in [0.5, 0.6) is 0 Å². The van der Waals surface area contributed by atoms with Crippen LogP contribution in [0, 0.1) is 0 Å². The zero-order chi connectivity index (χ0) is 64.7. The van der Waals surface area contributed by atoms with Crippen LogP contribution in [0.15, 0.2) is 48.6 Å². The standard InChI is InChI=1S/C70H127NO18/c1-3-5-7-9-11-13-15-17-19-21-22-23-24-25-26-27-28-29-30-31-32-33-35-37-39-41-43-45-47-54(75)53(71-58(76)48-46-44-42-40-38-36-34-20-18-16-14-12-10-8-6-4-2)52-84-68-64(82)61(79)66(56(50-73)86-68)89-70-65(83)62(80)67(57(51-74)87-70)88-69-63(81)60(78)59(77)55(49-72)85-69/h20,31-32,34,37,39,45,47,53-57,59-70,72-75,77-83H,3-19,21-30,33,35-36,38,40-44,46,48-52H2,1-2H3,(H,71,76)/b32-31+,34-20-,39-37+,47-45+. The van der Waals surface area contributed by atoms with Gasteiger partial charge in [0, 0.05) is 6.42 Å². The Morgan fingerprint density at radius 2 is 0.719 bits per heavy atom. The third-order valence-corrected chi connectivity index (χ3v) is 17.6. The van der Waals surface area contributed by atoms with Crippen LogP contribution in [0.25, 0.3) is 0 Å². The summed E-state index contributed by atoms with van der Waals surface area (Å²) in [5.74, 6) is -0.297. The van der Waals surface area contributed by atoms with Crippen molar-refractivity contribution in [3.63, 3.8) is 0 Å². The summed E-state index contributed by atoms with van der Waals surface area (Å²) >= 11 is 0. The maximum atomic E-state index is 13.4. The van der Waals surface area contributed by atoms with Gasteiger partial charge in [-0.3, -0.25) is 4.79 Å². The van der Waals surface area contributed by atoms with Crippen LogP contribution >= 0.6 is 0 Å². The lowest BCUT2D eigenvalue weighted by Gasteiger charge is -2.48. The summed E-state index contributed by atoms with van der Waals surface area (Å²) in [5, 5.41) is 120. The van der Waals surface area contributed by atoms with Crippen molar-refractivity contribution >= 4 is 5.91 Å². The summed E-state index contributed by atoms with van der Waals surface area (Å²) in [5.41, 5.74) is 0. The van der Waals surface area contributed by atoms with Crippen molar-refractivity contribution in [2.24, 2.45) is 0 Å². The summed E-state index contributed by atoms with van der Waals surface area (Å²) < 4.78 is 34.3. The van der Waals surface area contributed by atoms with Gasteiger partial charge in [-0.1, -0.05) is 229 Å². The van der Waals surface area contributed by atoms with Crippen LogP contribution in [-0.4, -0.2) is 193 Å². The molecule has 17 unspecified atom stereocenters. The highest BCUT2D eigenvalue weighted by molar-refractivity contribution is 5.76. The first-order valence-corrected chi connectivity index (χ1v) is 35.4. The Kier molecular flexibility index (Phi) is 47.4. The summed E-state index contributed by atoms with van der Waals surface area (Å²) in [7, 11) is 0. The average molecular weight is 1270 g/mol. The van der Waals surface area contributed by atoms with Gasteiger partial charge in [0.15, 0.2) is 18.9 Å². The van der Waals surface area contributed by atoms with E-state index in [0.717, 1.165) is 64.2 Å². The van der Waals surface area contributed by atoms with Crippen LogP contribution in [0.1, 0.15) is 258 Å². The smallest absolute Gasteiger partial charge is 0.220 e. The zero-order valence-electron chi connectivity index (χ0n) is 54.9. The summed E-state index contributed by atoms with van der Waals surface area (Å²) in [6, 6.07) is -1.00. The van der Waals surface area contributed by atoms with Gasteiger partial charge in [-0.2, -0.15) is 0 Å². The van der Waals surface area contributed by atoms with Gasteiger partial charge < -0.3 is 89.9 Å². The number of nitrogens with one attached hydrogen (secondary N) is 1. The van der Waals surface area contributed by atoms with Crippen molar-refractivity contribution < 1.29 is 89.4 Å². The highest BCUT2D eigenvalue weighted by Crippen LogP contribution is 2.33. The molecule has 0 radical (unpaired) electrons. The van der Waals surface area contributed by atoms with E-state index in [9.17, 15) is 61.0 Å². The molecule has 0 saturated carbocycles. The highest BCUT2D eigenvalue weighted by atomic mass is 16.8. The summed E-state index contributed by atoms with van der Waals surface area (Å²) in [4.78, 5) is 13.4. The number of hydrogen-bond donors (Lipinski definition) is 12. The Hall–Kier alpha value is -2.25. The van der Waals surface area contributed by atoms with Gasteiger partial charge in [-0.05, 0) is 70.6 Å². The topological polar surface area (TPSA) is 307 Å². The van der Waals surface area contributed by atoms with Crippen molar-refractivity contribution in [1.82, 2.24) is 5.32 Å². The van der Waals surface area contributed by atoms with Crippen LogP contribution < -0.4 is 5.32 Å². The van der Waals surface area contributed by atoms with Crippen molar-refractivity contribution in [1.29, 1.82) is 0 Å². The molecule has 1 amide bonds. The molecule has 19 heteroatoms. The van der Waals surface area contributed by atoms with E-state index in [1.165, 1.54) is 161 Å². The Bertz CT molecular complexity index is 1800. The molecule has 3 rings (SSSR count). The zero-order valence-corrected chi connectivity index (χ0v) is 54.9. The number of carbonyl (C=O) groups excluding carboxylic acids is 1. The molecule has 3 aliphatic heterocycles. The normalized spacial score (nSPS) is 28.5. The van der Waals surface area contributed by atoms with E-state index >= 15 is 0 Å². The van der Waals surface area contributed by atoms with E-state index in [4.69, 9.17) is 28.4 Å². The maximum absolute atomic E-state index is 13.4. The Morgan fingerprint density at radius 1 is 0.393 bits per heavy atom. The number of amides is 1. The SMILES string of the molecule is CCCCCCCCC/C=C\CCCCCCCC(=O)NC(COC1OC(CO)C(OC2OC(CO)C(OC3OC(CO)C(O)C(O)C3O)C(O)C2O)C(O)C1O)C(O)/C=C/CC/C=C/CC/C=C/CCCCCCCCCCCCCCCCCCCC. The fourth-order valence-corrected chi connectivity index (χ4v) is 11.8. The highest BCUT2D eigenvalue weighted by Gasteiger charge is 2.53. The number of ether oxygens (including phenoxy) is 6. The van der Waals surface area contributed by atoms with Gasteiger partial charge in [0.05, 0.1) is 38.6 Å². The molecule has 0 aliphatic carbocycles. The van der Waals surface area contributed by atoms with Gasteiger partial charge in [0.25, 0.3) is 0 Å². The molecule has 19 nitrogen and oxygen atoms in total. The minimum Gasteiger partial charge on any atom is -0.394 e. The Balaban J connectivity index is 1.44. The van der Waals surface area contributed by atoms with Crippen molar-refractivity contribution in [2.45, 2.75) is 362 Å². The molecular weight excluding hydrogens is 1140 g/mol. The quantitative estimate of drug-likeness (QED) is 0.0199. The van der Waals surface area contributed by atoms with Crippen LogP contribution in [0.2, 0.25) is 0 Å². The number of rotatable bonds is 54. The third kappa shape index (κ3) is 34.1. The van der Waals surface area contributed by atoms with E-state index in [0.29, 0.717) is 12.8 Å². The molecule has 520 valence electrons. The van der Waals surface area contributed by atoms with Crippen LogP contribution in [0.4, 0.5) is 0 Å². The minimum atomic E-state index is -1.98. The molecule has 3 fully saturated rings. The second-order valence-corrected chi connectivity index (χ2v) is 25.3. The lowest BCUT2D eigenvalue weighted by Crippen LogP contribution is -2.66. The fourth-order valence-electron chi connectivity index (χ4n) is 11.8. The molecule has 0 bridgehead atoms. The summed E-state index contributed by atoms with van der Waals surface area (Å²) in [6.07, 6.45) is 35.3. The number of unbranched alkanes of at least 4 members (excludes halogenated alkanes) is 32. The first-order valence-electron chi connectivity index (χ1n) is 35.4. The summed E-state index contributed by atoms with van der Waals surface area (Å²) in [6.45, 7) is 1.71. The second kappa shape index (κ2) is 52.1. The third-order valence-electron chi connectivity index (χ3n) is 17.6. The number of hydrogen-bond acceptors (Lipinski definition) is 18. The number of carbonyl (C=O) groups is 1. The minimum absolute atomic E-state index is 0.222. The van der Waals surface area contributed by atoms with E-state index in [-0.39, 0.29) is 18.9 Å². The van der Waals surface area contributed by atoms with E-state index < -0.39 is 124 Å². The van der Waals surface area contributed by atoms with E-state index in [2.05, 4.69) is 55.6 Å². The molecule has 0 aromatic heterocycles. The molecular formula is C70H127NO18. The maximum Gasteiger partial charge on any atom is 0.220 e. The van der Waals surface area contributed by atoms with Gasteiger partial charge in [-0.15, -0.1) is 0 Å². The second-order valence-electron chi connectivity index (χ2n) is 25.3. The van der Waals surface area contributed by atoms with Crippen LogP contribution in [-0.2, 0) is 33.2 Å². The lowest BCUT2D eigenvalue weighted by molar-refractivity contribution is -0.379. The lowest BCUT2D eigenvalue weighted by atomic mass is 9.96. The molecule has 89 heavy (non-hydrogen) atoms. The molecule has 3 heterocycles. The predicted molar refractivity (Wildman–Crippen MR) is 346 cm³/mol. The van der Waals surface area contributed by atoms with Crippen LogP contribution in [0.3, 0.4) is 0 Å². The molecule has 3 aliphatic rings. The molecule has 0 spiro atoms. The number of aliphatic hydroxyl groups excluding tert-OH is 11. The van der Waals surface area contributed by atoms with Gasteiger partial charge in [0.1, 0.15) is 73.2 Å². The Morgan fingerprint density at radius 3 is 1.12 bits per heavy atom. The van der Waals surface area contributed by atoms with E-state index in [1.807, 2.05) is 6.08 Å². The van der Waals surface area contributed by atoms with Crippen molar-refractivity contribution in [2.75, 3.05) is 26.4 Å². The van der Waals surface area contributed by atoms with E-state index in [1.54, 1.807) is 6.08 Å². The molecule has 0 aromatic rings. The molecule has 3 saturated heterocycles.